The molecule has 1 aromatic heterocycles. The minimum absolute atomic E-state index is 0.102. The Bertz CT molecular complexity index is 1030. The van der Waals surface area contributed by atoms with Gasteiger partial charge >= 0.3 is 5.97 Å². The fourth-order valence-corrected chi connectivity index (χ4v) is 5.57. The maximum absolute atomic E-state index is 13.5. The summed E-state index contributed by atoms with van der Waals surface area (Å²) < 4.78 is 1.08. The molecule has 3 atom stereocenters. The first-order valence-corrected chi connectivity index (χ1v) is 11.3. The van der Waals surface area contributed by atoms with E-state index in [0.717, 1.165) is 20.8 Å². The summed E-state index contributed by atoms with van der Waals surface area (Å²) in [5.74, 6) is -1.55. The number of carboxylic acid groups (broad SMARTS) is 1. The number of aliphatic carboxylic acids is 1. The van der Waals surface area contributed by atoms with Crippen LogP contribution in [0, 0.1) is 5.92 Å². The van der Waals surface area contributed by atoms with Crippen LogP contribution >= 0.6 is 22.9 Å². The number of aromatic nitrogens is 1. The van der Waals surface area contributed by atoms with Gasteiger partial charge in [0.05, 0.1) is 28.7 Å². The number of nitrogens with zero attached hydrogens (tertiary/aromatic N) is 2. The van der Waals surface area contributed by atoms with E-state index in [1.165, 1.54) is 0 Å². The second-order valence-corrected chi connectivity index (χ2v) is 9.13. The van der Waals surface area contributed by atoms with E-state index in [1.807, 2.05) is 60.4 Å². The number of para-hydroxylation sites is 1. The minimum Gasteiger partial charge on any atom is -0.481 e. The summed E-state index contributed by atoms with van der Waals surface area (Å²) in [6.45, 7) is 2.05. The predicted molar refractivity (Wildman–Crippen MR) is 119 cm³/mol. The van der Waals surface area contributed by atoms with Gasteiger partial charge in [0, 0.05) is 10.9 Å². The lowest BCUT2D eigenvalue weighted by atomic mass is 9.85. The molecule has 1 fully saturated rings. The van der Waals surface area contributed by atoms with Crippen LogP contribution in [0.25, 0.3) is 10.2 Å². The van der Waals surface area contributed by atoms with Crippen molar-refractivity contribution in [2.75, 3.05) is 0 Å². The van der Waals surface area contributed by atoms with Crippen LogP contribution in [0.15, 0.2) is 48.5 Å². The van der Waals surface area contributed by atoms with Crippen LogP contribution in [0.2, 0.25) is 5.02 Å². The lowest BCUT2D eigenvalue weighted by molar-refractivity contribution is -0.151. The van der Waals surface area contributed by atoms with Crippen molar-refractivity contribution < 1.29 is 14.7 Å². The van der Waals surface area contributed by atoms with Crippen LogP contribution in [0.4, 0.5) is 0 Å². The molecule has 2 aromatic carbocycles. The molecule has 2 unspecified atom stereocenters. The fourth-order valence-electron chi connectivity index (χ4n) is 4.29. The molecule has 4 rings (SSSR count). The van der Waals surface area contributed by atoms with E-state index in [-0.39, 0.29) is 24.4 Å². The van der Waals surface area contributed by atoms with Crippen LogP contribution in [0.5, 0.6) is 0 Å². The van der Waals surface area contributed by atoms with Crippen molar-refractivity contribution in [1.82, 2.24) is 9.88 Å². The summed E-state index contributed by atoms with van der Waals surface area (Å²) in [6.07, 6.45) is 1.84. The minimum atomic E-state index is -0.939. The highest BCUT2D eigenvalue weighted by molar-refractivity contribution is 7.18. The summed E-state index contributed by atoms with van der Waals surface area (Å²) in [6, 6.07) is 15.2. The number of thiazole rings is 1. The van der Waals surface area contributed by atoms with E-state index in [4.69, 9.17) is 16.6 Å². The zero-order valence-electron chi connectivity index (χ0n) is 16.6. The first kappa shape index (κ1) is 20.8. The number of fused-ring (bicyclic) bond motifs is 1. The highest BCUT2D eigenvalue weighted by atomic mass is 35.5. The third kappa shape index (κ3) is 4.07. The van der Waals surface area contributed by atoms with Crippen molar-refractivity contribution in [3.05, 3.63) is 64.1 Å². The average Bonchev–Trinajstić information content (AvgIpc) is 3.15. The summed E-state index contributed by atoms with van der Waals surface area (Å²) in [5.41, 5.74) is 1.94. The zero-order chi connectivity index (χ0) is 21.3. The normalized spacial score (nSPS) is 20.5. The molecule has 1 N–H and O–H groups in total. The van der Waals surface area contributed by atoms with Gasteiger partial charge in [-0.1, -0.05) is 42.8 Å². The maximum Gasteiger partial charge on any atom is 0.304 e. The number of halogens is 1. The number of rotatable bonds is 6. The van der Waals surface area contributed by atoms with Gasteiger partial charge in [-0.25, -0.2) is 4.98 Å². The summed E-state index contributed by atoms with van der Waals surface area (Å²) >= 11 is 7.67. The summed E-state index contributed by atoms with van der Waals surface area (Å²) in [5, 5.41) is 10.8. The van der Waals surface area contributed by atoms with Gasteiger partial charge in [0.25, 0.3) is 0 Å². The number of piperidine rings is 1. The van der Waals surface area contributed by atoms with Crippen molar-refractivity contribution in [1.29, 1.82) is 0 Å². The number of carbonyl (C=O) groups excluding carboxylic acids is 1. The fraction of sp³-hybridized carbons (Fsp3) is 0.348. The monoisotopic (exact) mass is 442 g/mol. The number of benzene rings is 2. The van der Waals surface area contributed by atoms with Gasteiger partial charge in [0.2, 0.25) is 5.91 Å². The molecule has 1 saturated heterocycles. The molecule has 5 nitrogen and oxygen atoms in total. The van der Waals surface area contributed by atoms with E-state index < -0.39 is 11.9 Å². The largest absolute Gasteiger partial charge is 0.481 e. The Kier molecular flexibility index (Phi) is 6.06. The first-order chi connectivity index (χ1) is 14.5. The van der Waals surface area contributed by atoms with Crippen LogP contribution < -0.4 is 0 Å². The first-order valence-electron chi connectivity index (χ1n) is 10.1. The van der Waals surface area contributed by atoms with E-state index in [0.29, 0.717) is 24.3 Å². The number of carboxylic acids is 1. The Balaban J connectivity index is 1.76. The van der Waals surface area contributed by atoms with Crippen LogP contribution in [-0.4, -0.2) is 26.9 Å². The van der Waals surface area contributed by atoms with Gasteiger partial charge in [-0.05, 0) is 49.1 Å². The van der Waals surface area contributed by atoms with Gasteiger partial charge in [-0.2, -0.15) is 0 Å². The number of amides is 1. The number of hydrogen-bond donors (Lipinski definition) is 1. The van der Waals surface area contributed by atoms with Gasteiger partial charge in [0.15, 0.2) is 0 Å². The van der Waals surface area contributed by atoms with Crippen molar-refractivity contribution in [2.45, 2.75) is 44.7 Å². The van der Waals surface area contributed by atoms with Crippen molar-refractivity contribution in [2.24, 2.45) is 5.92 Å². The molecule has 1 aliphatic heterocycles. The molecule has 3 aromatic rings. The summed E-state index contributed by atoms with van der Waals surface area (Å²) in [7, 11) is 0. The van der Waals surface area contributed by atoms with E-state index in [1.54, 1.807) is 11.3 Å². The Morgan fingerprint density at radius 2 is 1.97 bits per heavy atom. The van der Waals surface area contributed by atoms with Crippen molar-refractivity contribution in [3.63, 3.8) is 0 Å². The van der Waals surface area contributed by atoms with Crippen molar-refractivity contribution in [3.8, 4) is 0 Å². The molecule has 0 bridgehead atoms. The third-order valence-electron chi connectivity index (χ3n) is 5.72. The number of hydrogen-bond acceptors (Lipinski definition) is 4. The van der Waals surface area contributed by atoms with Gasteiger partial charge in [0.1, 0.15) is 5.01 Å². The molecule has 1 aliphatic rings. The summed E-state index contributed by atoms with van der Waals surface area (Å²) in [4.78, 5) is 31.5. The van der Waals surface area contributed by atoms with Gasteiger partial charge in [-0.15, -0.1) is 11.3 Å². The Morgan fingerprint density at radius 3 is 2.63 bits per heavy atom. The second kappa shape index (κ2) is 8.74. The predicted octanol–water partition coefficient (Wildman–Crippen LogP) is 5.86. The average molecular weight is 443 g/mol. The SMILES string of the molecule is CCC(c1nc2ccccc2s1)N1C(=O)[C@@H](CC(=O)O)CCC1c1ccc(Cl)cc1. The molecule has 156 valence electrons. The molecule has 2 heterocycles. The number of likely N-dealkylation sites (tertiary alicyclic amines) is 1. The zero-order valence-corrected chi connectivity index (χ0v) is 18.2. The molecule has 0 spiro atoms. The number of carbonyl (C=O) groups is 2. The van der Waals surface area contributed by atoms with Crippen LogP contribution in [0.1, 0.15) is 55.3 Å². The lowest BCUT2D eigenvalue weighted by Crippen LogP contribution is -2.45. The van der Waals surface area contributed by atoms with Crippen LogP contribution in [-0.2, 0) is 9.59 Å². The van der Waals surface area contributed by atoms with Crippen molar-refractivity contribution >= 4 is 45.0 Å². The van der Waals surface area contributed by atoms with E-state index >= 15 is 0 Å². The third-order valence-corrected chi connectivity index (χ3v) is 7.11. The molecule has 0 radical (unpaired) electrons. The Hall–Kier alpha value is -2.44. The topological polar surface area (TPSA) is 70.5 Å². The highest BCUT2D eigenvalue weighted by Crippen LogP contribution is 2.43. The van der Waals surface area contributed by atoms with Gasteiger partial charge < -0.3 is 10.0 Å². The Labute approximate surface area is 184 Å². The molecule has 30 heavy (non-hydrogen) atoms. The van der Waals surface area contributed by atoms with Gasteiger partial charge in [-0.3, -0.25) is 9.59 Å². The second-order valence-electron chi connectivity index (χ2n) is 7.63. The maximum atomic E-state index is 13.5. The molecular weight excluding hydrogens is 420 g/mol. The smallest absolute Gasteiger partial charge is 0.304 e. The van der Waals surface area contributed by atoms with Crippen LogP contribution in [0.3, 0.4) is 0 Å². The molecular formula is C23H23ClN2O3S. The molecule has 0 saturated carbocycles. The quantitative estimate of drug-likeness (QED) is 0.519. The standard InChI is InChI=1S/C23H23ClN2O3S/c1-2-18(22-25-17-5-3-4-6-20(17)30-22)26-19(14-7-10-16(24)11-8-14)12-9-15(23(26)29)13-21(27)28/h3-8,10-11,15,18-19H,2,9,12-13H2,1H3,(H,27,28)/t15-,18?,19?/m1/s1. The van der Waals surface area contributed by atoms with E-state index in [2.05, 4.69) is 0 Å². The molecule has 0 aliphatic carbocycles. The molecule has 1 amide bonds. The lowest BCUT2D eigenvalue weighted by Gasteiger charge is -2.43. The van der Waals surface area contributed by atoms with E-state index in [9.17, 15) is 14.7 Å². The Morgan fingerprint density at radius 1 is 1.23 bits per heavy atom. The highest BCUT2D eigenvalue weighted by Gasteiger charge is 2.41. The molecule has 7 heteroatoms.